The van der Waals surface area contributed by atoms with Gasteiger partial charge in [-0.25, -0.2) is 17.9 Å². The highest BCUT2D eigenvalue weighted by molar-refractivity contribution is 7.91. The number of carbonyl (C=O) groups is 1. The highest BCUT2D eigenvalue weighted by Crippen LogP contribution is 2.19. The predicted molar refractivity (Wildman–Crippen MR) is 80.3 cm³/mol. The van der Waals surface area contributed by atoms with Gasteiger partial charge in [0, 0.05) is 6.07 Å². The topological polar surface area (TPSA) is 109 Å². The Hall–Kier alpha value is -2.61. The van der Waals surface area contributed by atoms with Crippen LogP contribution in [0, 0.1) is 6.92 Å². The summed E-state index contributed by atoms with van der Waals surface area (Å²) in [6, 6.07) is 5.22. The third-order valence-electron chi connectivity index (χ3n) is 3.06. The van der Waals surface area contributed by atoms with Crippen molar-refractivity contribution in [2.75, 3.05) is 5.75 Å². The molecule has 0 spiro atoms. The molecule has 7 nitrogen and oxygen atoms in total. The first-order valence-electron chi connectivity index (χ1n) is 6.26. The molecule has 0 aliphatic carbocycles. The highest BCUT2D eigenvalue weighted by atomic mass is 32.2. The number of hydrogen-bond donors (Lipinski definition) is 2. The quantitative estimate of drug-likeness (QED) is 0.802. The van der Waals surface area contributed by atoms with Crippen molar-refractivity contribution in [3.05, 3.63) is 58.5 Å². The van der Waals surface area contributed by atoms with E-state index < -0.39 is 21.4 Å². The van der Waals surface area contributed by atoms with Crippen molar-refractivity contribution in [1.29, 1.82) is 0 Å². The molecule has 0 fully saturated rings. The van der Waals surface area contributed by atoms with Crippen LogP contribution in [0.1, 0.15) is 16.1 Å². The Balaban J connectivity index is 2.54. The first kappa shape index (κ1) is 15.8. The first-order valence-corrected chi connectivity index (χ1v) is 7.91. The molecular formula is C14H14N2O5S. The van der Waals surface area contributed by atoms with Crippen molar-refractivity contribution in [1.82, 2.24) is 9.78 Å². The van der Waals surface area contributed by atoms with Crippen LogP contribution < -0.4 is 5.56 Å². The Morgan fingerprint density at radius 3 is 2.59 bits per heavy atom. The second-order valence-corrected chi connectivity index (χ2v) is 6.70. The number of nitrogens with zero attached hydrogens (tertiary/aromatic N) is 1. The smallest absolute Gasteiger partial charge is 0.353 e. The summed E-state index contributed by atoms with van der Waals surface area (Å²) in [5.74, 6) is -1.43. The first-order chi connectivity index (χ1) is 10.3. The van der Waals surface area contributed by atoms with Crippen LogP contribution in [0.3, 0.4) is 0 Å². The SMILES string of the molecule is C=CCS(=O)(=O)c1ccc(-n2[nH]c(C(=O)O)cc2=O)c(C)c1. The van der Waals surface area contributed by atoms with Gasteiger partial charge in [0.25, 0.3) is 5.56 Å². The second-order valence-electron chi connectivity index (χ2n) is 4.67. The largest absolute Gasteiger partial charge is 0.477 e. The van der Waals surface area contributed by atoms with Crippen LogP contribution in [0.15, 0.2) is 46.6 Å². The standard InChI is InChI=1S/C14H14N2O5S/c1-3-6-22(20,21)10-4-5-12(9(2)7-10)16-13(17)8-11(15-16)14(18)19/h3-5,7-8,15H,1,6H2,2H3,(H,18,19). The number of sulfone groups is 1. The number of aromatic nitrogens is 2. The summed E-state index contributed by atoms with van der Waals surface area (Å²) in [5.41, 5.74) is 0.121. The number of aryl methyl sites for hydroxylation is 1. The summed E-state index contributed by atoms with van der Waals surface area (Å²) in [7, 11) is -3.46. The fraction of sp³-hybridized carbons (Fsp3) is 0.143. The molecule has 1 aromatic carbocycles. The monoisotopic (exact) mass is 322 g/mol. The number of H-pyrrole nitrogens is 1. The average Bonchev–Trinajstić information content (AvgIpc) is 2.81. The summed E-state index contributed by atoms with van der Waals surface area (Å²) in [5, 5.41) is 11.3. The maximum Gasteiger partial charge on any atom is 0.353 e. The van der Waals surface area contributed by atoms with E-state index in [0.29, 0.717) is 11.3 Å². The van der Waals surface area contributed by atoms with Gasteiger partial charge in [-0.05, 0) is 30.7 Å². The van der Waals surface area contributed by atoms with Gasteiger partial charge in [0.1, 0.15) is 5.69 Å². The van der Waals surface area contributed by atoms with Crippen molar-refractivity contribution >= 4 is 15.8 Å². The molecule has 22 heavy (non-hydrogen) atoms. The lowest BCUT2D eigenvalue weighted by Crippen LogP contribution is -2.15. The molecule has 2 aromatic rings. The average molecular weight is 322 g/mol. The van der Waals surface area contributed by atoms with Gasteiger partial charge in [0.2, 0.25) is 0 Å². The Morgan fingerprint density at radius 2 is 2.09 bits per heavy atom. The predicted octanol–water partition coefficient (Wildman–Crippen LogP) is 1.13. The van der Waals surface area contributed by atoms with Gasteiger partial charge >= 0.3 is 5.97 Å². The minimum absolute atomic E-state index is 0.117. The molecule has 0 atom stereocenters. The third-order valence-corrected chi connectivity index (χ3v) is 4.70. The number of rotatable bonds is 5. The lowest BCUT2D eigenvalue weighted by molar-refractivity contribution is 0.0690. The van der Waals surface area contributed by atoms with Crippen molar-refractivity contribution in [2.45, 2.75) is 11.8 Å². The van der Waals surface area contributed by atoms with Crippen molar-refractivity contribution in [3.8, 4) is 5.69 Å². The molecule has 0 unspecified atom stereocenters. The number of hydrogen-bond acceptors (Lipinski definition) is 4. The Kier molecular flexibility index (Phi) is 4.05. The van der Waals surface area contributed by atoms with E-state index in [1.807, 2.05) is 0 Å². The Morgan fingerprint density at radius 1 is 1.41 bits per heavy atom. The van der Waals surface area contributed by atoms with E-state index in [9.17, 15) is 18.0 Å². The molecule has 0 aliphatic rings. The van der Waals surface area contributed by atoms with E-state index >= 15 is 0 Å². The molecule has 0 aliphatic heterocycles. The molecule has 8 heteroatoms. The van der Waals surface area contributed by atoms with Gasteiger partial charge in [-0.15, -0.1) is 6.58 Å². The lowest BCUT2D eigenvalue weighted by atomic mass is 10.2. The number of aromatic amines is 1. The van der Waals surface area contributed by atoms with E-state index in [1.54, 1.807) is 6.92 Å². The Bertz CT molecular complexity index is 906. The summed E-state index contributed by atoms with van der Waals surface area (Å²) in [6.45, 7) is 5.04. The minimum atomic E-state index is -3.46. The maximum absolute atomic E-state index is 12.0. The number of nitrogens with one attached hydrogen (secondary N) is 1. The molecule has 0 amide bonds. The number of benzene rings is 1. The number of aromatic carboxylic acids is 1. The van der Waals surface area contributed by atoms with E-state index in [1.165, 1.54) is 24.3 Å². The van der Waals surface area contributed by atoms with Gasteiger partial charge in [0.15, 0.2) is 9.84 Å². The fourth-order valence-corrected chi connectivity index (χ4v) is 3.14. The number of carboxylic acids is 1. The van der Waals surface area contributed by atoms with E-state index in [4.69, 9.17) is 5.11 Å². The fourth-order valence-electron chi connectivity index (χ4n) is 2.01. The van der Waals surface area contributed by atoms with Crippen molar-refractivity contribution in [3.63, 3.8) is 0 Å². The van der Waals surface area contributed by atoms with Crippen LogP contribution in [0.4, 0.5) is 0 Å². The van der Waals surface area contributed by atoms with Gasteiger partial charge in [0.05, 0.1) is 16.3 Å². The van der Waals surface area contributed by atoms with Crippen molar-refractivity contribution in [2.24, 2.45) is 0 Å². The zero-order valence-corrected chi connectivity index (χ0v) is 12.6. The molecule has 0 bridgehead atoms. The summed E-state index contributed by atoms with van der Waals surface area (Å²) in [4.78, 5) is 22.8. The normalized spacial score (nSPS) is 11.3. The van der Waals surface area contributed by atoms with E-state index in [-0.39, 0.29) is 16.3 Å². The highest BCUT2D eigenvalue weighted by Gasteiger charge is 2.16. The summed E-state index contributed by atoms with van der Waals surface area (Å²) >= 11 is 0. The lowest BCUT2D eigenvalue weighted by Gasteiger charge is -2.09. The molecule has 0 saturated carbocycles. The molecular weight excluding hydrogens is 308 g/mol. The van der Waals surface area contributed by atoms with Gasteiger partial charge in [-0.2, -0.15) is 0 Å². The number of carboxylic acid groups (broad SMARTS) is 1. The molecule has 0 radical (unpaired) electrons. The van der Waals surface area contributed by atoms with Crippen LogP contribution in [-0.2, 0) is 9.84 Å². The van der Waals surface area contributed by atoms with E-state index in [0.717, 1.165) is 10.7 Å². The molecule has 2 N–H and O–H groups in total. The van der Waals surface area contributed by atoms with Crippen LogP contribution in [0.2, 0.25) is 0 Å². The second kappa shape index (κ2) is 5.64. The minimum Gasteiger partial charge on any atom is -0.477 e. The van der Waals surface area contributed by atoms with Crippen LogP contribution >= 0.6 is 0 Å². The Labute approximate surface area is 126 Å². The summed E-state index contributed by atoms with van der Waals surface area (Å²) in [6.07, 6.45) is 1.30. The van der Waals surface area contributed by atoms with Gasteiger partial charge < -0.3 is 5.11 Å². The van der Waals surface area contributed by atoms with Gasteiger partial charge in [-0.3, -0.25) is 9.89 Å². The third kappa shape index (κ3) is 2.86. The summed E-state index contributed by atoms with van der Waals surface area (Å²) < 4.78 is 25.0. The molecule has 1 heterocycles. The van der Waals surface area contributed by atoms with Gasteiger partial charge in [-0.1, -0.05) is 6.08 Å². The molecule has 1 aromatic heterocycles. The zero-order chi connectivity index (χ0) is 16.5. The molecule has 2 rings (SSSR count). The van der Waals surface area contributed by atoms with Crippen LogP contribution in [-0.4, -0.2) is 35.0 Å². The molecule has 0 saturated heterocycles. The van der Waals surface area contributed by atoms with Crippen LogP contribution in [0.25, 0.3) is 5.69 Å². The van der Waals surface area contributed by atoms with Crippen molar-refractivity contribution < 1.29 is 18.3 Å². The van der Waals surface area contributed by atoms with Crippen LogP contribution in [0.5, 0.6) is 0 Å². The maximum atomic E-state index is 12.0. The molecule has 116 valence electrons. The zero-order valence-electron chi connectivity index (χ0n) is 11.7. The van der Waals surface area contributed by atoms with E-state index in [2.05, 4.69) is 11.7 Å².